The van der Waals surface area contributed by atoms with Crippen LogP contribution in [0.25, 0.3) is 6.08 Å². The minimum absolute atomic E-state index is 0.173. The van der Waals surface area contributed by atoms with Gasteiger partial charge in [0, 0.05) is 0 Å². The average molecular weight is 224 g/mol. The molecule has 1 atom stereocenters. The number of allylic oxidation sites excluding steroid dienone is 5. The summed E-state index contributed by atoms with van der Waals surface area (Å²) in [6, 6.07) is 10.0. The molecule has 1 aliphatic rings. The third-order valence-electron chi connectivity index (χ3n) is 3.06. The van der Waals surface area contributed by atoms with Crippen molar-refractivity contribution in [1.29, 1.82) is 0 Å². The van der Waals surface area contributed by atoms with E-state index in [2.05, 4.69) is 0 Å². The number of Topliss-reactive ketones (excluding diaryl/α,β-unsaturated/α-hetero) is 1. The Bertz CT molecular complexity index is 506. The first-order valence-electron chi connectivity index (χ1n) is 5.77. The zero-order valence-corrected chi connectivity index (χ0v) is 10.2. The molecule has 0 fully saturated rings. The molecule has 0 amide bonds. The van der Waals surface area contributed by atoms with Crippen LogP contribution in [0, 0.1) is 5.41 Å². The summed E-state index contributed by atoms with van der Waals surface area (Å²) in [5, 5.41) is 0. The Kier molecular flexibility index (Phi) is 3.10. The van der Waals surface area contributed by atoms with Gasteiger partial charge in [-0.25, -0.2) is 0 Å². The highest BCUT2D eigenvalue weighted by molar-refractivity contribution is 6.03. The quantitative estimate of drug-likeness (QED) is 0.747. The van der Waals surface area contributed by atoms with Crippen molar-refractivity contribution >= 4 is 11.9 Å². The highest BCUT2D eigenvalue weighted by atomic mass is 16.1. The van der Waals surface area contributed by atoms with Gasteiger partial charge in [0.15, 0.2) is 5.78 Å². The number of hydrogen-bond donors (Lipinski definition) is 0. The molecular weight excluding hydrogens is 208 g/mol. The van der Waals surface area contributed by atoms with Crippen LogP contribution in [-0.4, -0.2) is 5.78 Å². The smallest absolute Gasteiger partial charge is 0.172 e. The Balaban J connectivity index is 2.25. The normalized spacial score (nSPS) is 24.1. The van der Waals surface area contributed by atoms with Crippen molar-refractivity contribution in [3.63, 3.8) is 0 Å². The van der Waals surface area contributed by atoms with Gasteiger partial charge >= 0.3 is 0 Å². The summed E-state index contributed by atoms with van der Waals surface area (Å²) in [7, 11) is 0. The Morgan fingerprint density at radius 1 is 1.18 bits per heavy atom. The zero-order chi connectivity index (χ0) is 12.3. The maximum atomic E-state index is 12.1. The van der Waals surface area contributed by atoms with E-state index in [9.17, 15) is 4.79 Å². The molecule has 1 aliphatic carbocycles. The van der Waals surface area contributed by atoms with Crippen molar-refractivity contribution in [3.05, 3.63) is 65.8 Å². The molecule has 1 heteroatoms. The predicted octanol–water partition coefficient (Wildman–Crippen LogP) is 3.79. The molecule has 0 saturated heterocycles. The molecule has 1 nitrogen and oxygen atoms in total. The molecule has 0 heterocycles. The molecule has 1 unspecified atom stereocenters. The number of hydrogen-bond acceptors (Lipinski definition) is 1. The van der Waals surface area contributed by atoms with Crippen LogP contribution in [0.3, 0.4) is 0 Å². The highest BCUT2D eigenvalue weighted by Gasteiger charge is 2.29. The Morgan fingerprint density at radius 3 is 2.59 bits per heavy atom. The number of rotatable bonds is 2. The van der Waals surface area contributed by atoms with Crippen molar-refractivity contribution in [2.24, 2.45) is 5.41 Å². The van der Waals surface area contributed by atoms with E-state index >= 15 is 0 Å². The molecule has 0 saturated carbocycles. The van der Waals surface area contributed by atoms with Crippen LogP contribution in [0.5, 0.6) is 0 Å². The van der Waals surface area contributed by atoms with Crippen LogP contribution in [0.15, 0.2) is 60.2 Å². The molecule has 0 aromatic heterocycles. The molecule has 0 bridgehead atoms. The predicted molar refractivity (Wildman–Crippen MR) is 71.5 cm³/mol. The number of carbonyl (C=O) groups is 1. The minimum Gasteiger partial charge on any atom is -0.293 e. The monoisotopic (exact) mass is 224 g/mol. The van der Waals surface area contributed by atoms with Gasteiger partial charge in [-0.05, 0) is 25.0 Å². The fraction of sp³-hybridized carbons (Fsp3) is 0.188. The molecule has 1 aromatic rings. The molecule has 1 aromatic carbocycles. The lowest BCUT2D eigenvalue weighted by Gasteiger charge is -2.23. The van der Waals surface area contributed by atoms with Crippen LogP contribution in [0.1, 0.15) is 19.4 Å². The molecule has 0 spiro atoms. The summed E-state index contributed by atoms with van der Waals surface area (Å²) in [5.41, 5.74) is 1.42. The van der Waals surface area contributed by atoms with Crippen LogP contribution >= 0.6 is 0 Å². The summed E-state index contributed by atoms with van der Waals surface area (Å²) in [5.74, 6) is 0.173. The van der Waals surface area contributed by atoms with Crippen molar-refractivity contribution in [2.75, 3.05) is 0 Å². The SMILES string of the molecule is CC1=CC=CC(C)(/C=C/c2ccccc2)C1=O. The van der Waals surface area contributed by atoms with Gasteiger partial charge in [-0.2, -0.15) is 0 Å². The zero-order valence-electron chi connectivity index (χ0n) is 10.2. The van der Waals surface area contributed by atoms with Gasteiger partial charge in [0.25, 0.3) is 0 Å². The molecule has 86 valence electrons. The topological polar surface area (TPSA) is 17.1 Å². The number of ketones is 1. The fourth-order valence-electron chi connectivity index (χ4n) is 1.93. The summed E-state index contributed by atoms with van der Waals surface area (Å²) < 4.78 is 0. The summed E-state index contributed by atoms with van der Waals surface area (Å²) in [6.45, 7) is 3.81. The second kappa shape index (κ2) is 4.54. The standard InChI is InChI=1S/C16H16O/c1-13-7-6-11-16(2,15(13)17)12-10-14-8-4-3-5-9-14/h3-12H,1-2H3/b12-10+. The third kappa shape index (κ3) is 2.44. The second-order valence-corrected chi connectivity index (χ2v) is 4.56. The van der Waals surface area contributed by atoms with Gasteiger partial charge in [-0.1, -0.05) is 60.7 Å². The van der Waals surface area contributed by atoms with E-state index in [1.54, 1.807) is 0 Å². The molecule has 17 heavy (non-hydrogen) atoms. The maximum Gasteiger partial charge on any atom is 0.172 e. The Morgan fingerprint density at radius 2 is 1.88 bits per heavy atom. The number of benzene rings is 1. The van der Waals surface area contributed by atoms with Gasteiger partial charge in [-0.3, -0.25) is 4.79 Å². The summed E-state index contributed by atoms with van der Waals surface area (Å²) in [4.78, 5) is 12.1. The van der Waals surface area contributed by atoms with E-state index in [1.807, 2.05) is 74.6 Å². The van der Waals surface area contributed by atoms with Gasteiger partial charge in [-0.15, -0.1) is 0 Å². The third-order valence-corrected chi connectivity index (χ3v) is 3.06. The van der Waals surface area contributed by atoms with Crippen molar-refractivity contribution in [3.8, 4) is 0 Å². The number of carbonyl (C=O) groups excluding carboxylic acids is 1. The van der Waals surface area contributed by atoms with Gasteiger partial charge in [0.2, 0.25) is 0 Å². The largest absolute Gasteiger partial charge is 0.293 e. The Hall–Kier alpha value is -1.89. The first-order chi connectivity index (χ1) is 8.12. The lowest BCUT2D eigenvalue weighted by molar-refractivity contribution is -0.120. The minimum atomic E-state index is -0.505. The second-order valence-electron chi connectivity index (χ2n) is 4.56. The first-order valence-corrected chi connectivity index (χ1v) is 5.77. The van der Waals surface area contributed by atoms with Gasteiger partial charge < -0.3 is 0 Å². The molecule has 0 radical (unpaired) electrons. The van der Waals surface area contributed by atoms with Gasteiger partial charge in [0.1, 0.15) is 0 Å². The Labute approximate surface area is 102 Å². The van der Waals surface area contributed by atoms with Gasteiger partial charge in [0.05, 0.1) is 5.41 Å². The highest BCUT2D eigenvalue weighted by Crippen LogP contribution is 2.29. The molecule has 0 aliphatic heterocycles. The van der Waals surface area contributed by atoms with E-state index in [0.717, 1.165) is 11.1 Å². The summed E-state index contributed by atoms with van der Waals surface area (Å²) in [6.07, 6.45) is 9.73. The average Bonchev–Trinajstić information content (AvgIpc) is 2.35. The van der Waals surface area contributed by atoms with E-state index in [-0.39, 0.29) is 5.78 Å². The van der Waals surface area contributed by atoms with E-state index in [1.165, 1.54) is 0 Å². The maximum absolute atomic E-state index is 12.1. The van der Waals surface area contributed by atoms with Crippen LogP contribution < -0.4 is 0 Å². The lowest BCUT2D eigenvalue weighted by atomic mass is 9.78. The lowest BCUT2D eigenvalue weighted by Crippen LogP contribution is -2.25. The van der Waals surface area contributed by atoms with Crippen molar-refractivity contribution in [1.82, 2.24) is 0 Å². The van der Waals surface area contributed by atoms with Crippen molar-refractivity contribution < 1.29 is 4.79 Å². The summed E-state index contributed by atoms with van der Waals surface area (Å²) >= 11 is 0. The van der Waals surface area contributed by atoms with Crippen molar-refractivity contribution in [2.45, 2.75) is 13.8 Å². The molecular formula is C16H16O. The van der Waals surface area contributed by atoms with Crippen LogP contribution in [-0.2, 0) is 4.79 Å². The van der Waals surface area contributed by atoms with E-state index in [4.69, 9.17) is 0 Å². The van der Waals surface area contributed by atoms with E-state index < -0.39 is 5.41 Å². The molecule has 0 N–H and O–H groups in total. The first kappa shape index (κ1) is 11.6. The molecule has 2 rings (SSSR count). The fourth-order valence-corrected chi connectivity index (χ4v) is 1.93. The van der Waals surface area contributed by atoms with Crippen LogP contribution in [0.4, 0.5) is 0 Å². The van der Waals surface area contributed by atoms with Crippen LogP contribution in [0.2, 0.25) is 0 Å². The van der Waals surface area contributed by atoms with E-state index in [0.29, 0.717) is 0 Å².